The van der Waals surface area contributed by atoms with Crippen LogP contribution in [-0.2, 0) is 4.79 Å². The number of carbonyl (C=O) groups excluding carboxylic acids is 2. The fourth-order valence-electron chi connectivity index (χ4n) is 4.66. The van der Waals surface area contributed by atoms with Crippen molar-refractivity contribution < 1.29 is 14.3 Å². The number of hydrogen-bond acceptors (Lipinski definition) is 3. The van der Waals surface area contributed by atoms with Gasteiger partial charge in [-0.05, 0) is 48.6 Å². The lowest BCUT2D eigenvalue weighted by molar-refractivity contribution is -0.120. The van der Waals surface area contributed by atoms with E-state index in [0.29, 0.717) is 30.5 Å². The van der Waals surface area contributed by atoms with Crippen LogP contribution < -0.4 is 10.1 Å². The molecule has 0 spiro atoms. The molecule has 2 aromatic carbocycles. The van der Waals surface area contributed by atoms with Gasteiger partial charge in [0.05, 0.1) is 5.92 Å². The Morgan fingerprint density at radius 2 is 1.68 bits per heavy atom. The molecule has 2 fully saturated rings. The summed E-state index contributed by atoms with van der Waals surface area (Å²) in [6.07, 6.45) is 1.80. The Hall–Kier alpha value is -2.82. The van der Waals surface area contributed by atoms with Crippen molar-refractivity contribution in [1.82, 2.24) is 10.2 Å². The van der Waals surface area contributed by atoms with Crippen molar-refractivity contribution in [2.24, 2.45) is 11.8 Å². The van der Waals surface area contributed by atoms with Crippen molar-refractivity contribution in [2.75, 3.05) is 19.6 Å². The number of piperidine rings is 1. The van der Waals surface area contributed by atoms with E-state index in [9.17, 15) is 9.59 Å². The maximum Gasteiger partial charge on any atom is 0.253 e. The van der Waals surface area contributed by atoms with Gasteiger partial charge in [-0.15, -0.1) is 0 Å². The second-order valence-electron chi connectivity index (χ2n) is 9.18. The minimum absolute atomic E-state index is 0.0524. The summed E-state index contributed by atoms with van der Waals surface area (Å²) in [5.41, 5.74) is 2.89. The average Bonchev–Trinajstić information content (AvgIpc) is 3.17. The normalized spacial score (nSPS) is 21.9. The molecular weight excluding hydrogens is 388 g/mol. The van der Waals surface area contributed by atoms with Crippen LogP contribution in [0.4, 0.5) is 0 Å². The summed E-state index contributed by atoms with van der Waals surface area (Å²) in [6.45, 7) is 8.48. The van der Waals surface area contributed by atoms with Crippen molar-refractivity contribution >= 4 is 11.8 Å². The molecule has 0 saturated carbocycles. The molecule has 1 N–H and O–H groups in total. The molecular formula is C26H32N2O3. The van der Waals surface area contributed by atoms with Gasteiger partial charge in [0, 0.05) is 38.0 Å². The van der Waals surface area contributed by atoms with Crippen LogP contribution in [0.2, 0.25) is 0 Å². The van der Waals surface area contributed by atoms with Crippen LogP contribution in [0.25, 0.3) is 0 Å². The molecule has 164 valence electrons. The van der Waals surface area contributed by atoms with Crippen molar-refractivity contribution in [1.29, 1.82) is 0 Å². The number of rotatable bonds is 5. The molecule has 5 nitrogen and oxygen atoms in total. The molecule has 2 heterocycles. The van der Waals surface area contributed by atoms with E-state index in [-0.39, 0.29) is 23.8 Å². The molecule has 2 saturated heterocycles. The Morgan fingerprint density at radius 3 is 2.29 bits per heavy atom. The molecule has 2 amide bonds. The zero-order chi connectivity index (χ0) is 22.0. The number of benzene rings is 2. The van der Waals surface area contributed by atoms with Gasteiger partial charge in [0.2, 0.25) is 5.91 Å². The first-order chi connectivity index (χ1) is 14.9. The fourth-order valence-corrected chi connectivity index (χ4v) is 4.66. The first-order valence-corrected chi connectivity index (χ1v) is 11.3. The first kappa shape index (κ1) is 21.4. The summed E-state index contributed by atoms with van der Waals surface area (Å²) >= 11 is 0. The second kappa shape index (κ2) is 9.13. The molecule has 1 unspecified atom stereocenters. The predicted molar refractivity (Wildman–Crippen MR) is 121 cm³/mol. The minimum atomic E-state index is -0.126. The van der Waals surface area contributed by atoms with Gasteiger partial charge in [-0.1, -0.05) is 43.7 Å². The summed E-state index contributed by atoms with van der Waals surface area (Å²) in [6, 6.07) is 15.8. The predicted octanol–water partition coefficient (Wildman–Crippen LogP) is 4.16. The van der Waals surface area contributed by atoms with Crippen LogP contribution in [0.1, 0.15) is 54.1 Å². The highest BCUT2D eigenvalue weighted by atomic mass is 16.5. The Labute approximate surface area is 184 Å². The van der Waals surface area contributed by atoms with Crippen LogP contribution in [0.3, 0.4) is 0 Å². The van der Waals surface area contributed by atoms with Crippen LogP contribution in [0, 0.1) is 18.8 Å². The number of nitrogens with zero attached hydrogens (tertiary/aromatic N) is 1. The van der Waals surface area contributed by atoms with Crippen molar-refractivity contribution in [3.63, 3.8) is 0 Å². The van der Waals surface area contributed by atoms with Crippen molar-refractivity contribution in [2.45, 2.75) is 45.6 Å². The molecule has 0 aromatic heterocycles. The molecule has 2 aliphatic rings. The van der Waals surface area contributed by atoms with Gasteiger partial charge in [-0.25, -0.2) is 0 Å². The van der Waals surface area contributed by atoms with Gasteiger partial charge < -0.3 is 15.0 Å². The smallest absolute Gasteiger partial charge is 0.253 e. The van der Waals surface area contributed by atoms with E-state index in [1.54, 1.807) is 0 Å². The third-order valence-corrected chi connectivity index (χ3v) is 6.65. The van der Waals surface area contributed by atoms with E-state index in [1.807, 2.05) is 41.3 Å². The standard InChI is InChI=1S/C26H32N2O3/c1-17(2)23-16-27-25(29)24(23)19-6-8-20(9-7-19)26(30)28-14-12-22(13-15-28)31-21-10-4-18(3)5-11-21/h4-11,17,22-24H,12-16H2,1-3H3,(H,27,29)/t23?,24-/m0/s1. The summed E-state index contributed by atoms with van der Waals surface area (Å²) in [5.74, 6) is 1.63. The van der Waals surface area contributed by atoms with Crippen molar-refractivity contribution in [3.8, 4) is 5.75 Å². The molecule has 0 radical (unpaired) electrons. The van der Waals surface area contributed by atoms with Gasteiger partial charge in [-0.3, -0.25) is 9.59 Å². The lowest BCUT2D eigenvalue weighted by atomic mass is 9.81. The van der Waals surface area contributed by atoms with E-state index in [1.165, 1.54) is 5.56 Å². The van der Waals surface area contributed by atoms with Crippen LogP contribution in [0.15, 0.2) is 48.5 Å². The quantitative estimate of drug-likeness (QED) is 0.790. The molecule has 0 aliphatic carbocycles. The molecule has 5 heteroatoms. The molecule has 31 heavy (non-hydrogen) atoms. The number of hydrogen-bond donors (Lipinski definition) is 1. The lowest BCUT2D eigenvalue weighted by Gasteiger charge is -2.32. The summed E-state index contributed by atoms with van der Waals surface area (Å²) < 4.78 is 6.08. The number of aryl methyl sites for hydroxylation is 1. The highest BCUT2D eigenvalue weighted by Gasteiger charge is 2.37. The molecule has 2 aromatic rings. The van der Waals surface area contributed by atoms with Gasteiger partial charge in [0.1, 0.15) is 11.9 Å². The zero-order valence-corrected chi connectivity index (χ0v) is 18.6. The summed E-state index contributed by atoms with van der Waals surface area (Å²) in [7, 11) is 0. The van der Waals surface area contributed by atoms with Crippen molar-refractivity contribution in [3.05, 3.63) is 65.2 Å². The molecule has 2 atom stereocenters. The Bertz CT molecular complexity index is 913. The lowest BCUT2D eigenvalue weighted by Crippen LogP contribution is -2.41. The van der Waals surface area contributed by atoms with E-state index < -0.39 is 0 Å². The van der Waals surface area contributed by atoms with E-state index >= 15 is 0 Å². The summed E-state index contributed by atoms with van der Waals surface area (Å²) in [5, 5.41) is 2.99. The first-order valence-electron chi connectivity index (χ1n) is 11.3. The fraction of sp³-hybridized carbons (Fsp3) is 0.462. The Kier molecular flexibility index (Phi) is 6.30. The van der Waals surface area contributed by atoms with Gasteiger partial charge in [-0.2, -0.15) is 0 Å². The highest BCUT2D eigenvalue weighted by Crippen LogP contribution is 2.34. The Balaban J connectivity index is 1.35. The van der Waals surface area contributed by atoms with E-state index in [0.717, 1.165) is 30.7 Å². The zero-order valence-electron chi connectivity index (χ0n) is 18.6. The largest absolute Gasteiger partial charge is 0.490 e. The SMILES string of the molecule is Cc1ccc(OC2CCN(C(=O)c3ccc([C@@H]4C(=O)NCC4C(C)C)cc3)CC2)cc1. The van der Waals surface area contributed by atoms with Gasteiger partial charge in [0.25, 0.3) is 5.91 Å². The number of nitrogens with one attached hydrogen (secondary N) is 1. The highest BCUT2D eigenvalue weighted by molar-refractivity contribution is 5.94. The van der Waals surface area contributed by atoms with E-state index in [2.05, 4.69) is 38.2 Å². The Morgan fingerprint density at radius 1 is 1.03 bits per heavy atom. The number of amides is 2. The van der Waals surface area contributed by atoms with Crippen LogP contribution in [-0.4, -0.2) is 42.5 Å². The molecule has 2 aliphatic heterocycles. The molecule has 0 bridgehead atoms. The number of ether oxygens (including phenoxy) is 1. The van der Waals surface area contributed by atoms with Gasteiger partial charge in [0.15, 0.2) is 0 Å². The molecule has 4 rings (SSSR count). The monoisotopic (exact) mass is 420 g/mol. The summed E-state index contributed by atoms with van der Waals surface area (Å²) in [4.78, 5) is 27.2. The number of likely N-dealkylation sites (tertiary alicyclic amines) is 1. The van der Waals surface area contributed by atoms with Gasteiger partial charge >= 0.3 is 0 Å². The second-order valence-corrected chi connectivity index (χ2v) is 9.18. The van der Waals surface area contributed by atoms with Crippen LogP contribution >= 0.6 is 0 Å². The third kappa shape index (κ3) is 4.76. The van der Waals surface area contributed by atoms with Crippen LogP contribution in [0.5, 0.6) is 5.75 Å². The maximum absolute atomic E-state index is 13.0. The maximum atomic E-state index is 13.0. The average molecular weight is 421 g/mol. The van der Waals surface area contributed by atoms with E-state index in [4.69, 9.17) is 4.74 Å². The topological polar surface area (TPSA) is 58.6 Å². The minimum Gasteiger partial charge on any atom is -0.490 e. The number of carbonyl (C=O) groups is 2. The third-order valence-electron chi connectivity index (χ3n) is 6.65.